The monoisotopic (exact) mass is 538 g/mol. The molecule has 1 unspecified atom stereocenters. The fourth-order valence-electron chi connectivity index (χ4n) is 4.60. The third-order valence-corrected chi connectivity index (χ3v) is 10.4. The second-order valence-corrected chi connectivity index (χ2v) is 12.8. The molecule has 1 fully saturated rings. The third kappa shape index (κ3) is 5.23. The molecule has 0 aliphatic carbocycles. The minimum atomic E-state index is -0.402. The molecule has 5 rings (SSSR count). The van der Waals surface area contributed by atoms with Gasteiger partial charge in [0.1, 0.15) is 0 Å². The van der Waals surface area contributed by atoms with E-state index in [1.54, 1.807) is 0 Å². The van der Waals surface area contributed by atoms with Crippen LogP contribution in [0.4, 0.5) is 0 Å². The zero-order valence-corrected chi connectivity index (χ0v) is 21.7. The third-order valence-electron chi connectivity index (χ3n) is 6.26. The topological polar surface area (TPSA) is 45.1 Å². The average molecular weight is 539 g/mol. The molecule has 1 aromatic heterocycles. The van der Waals surface area contributed by atoms with Gasteiger partial charge in [-0.1, -0.05) is 0 Å². The Kier molecular flexibility index (Phi) is 6.94. The molecule has 6 heteroatoms. The molecule has 1 aliphatic rings. The first-order valence-corrected chi connectivity index (χ1v) is 14.2. The van der Waals surface area contributed by atoms with Gasteiger partial charge in [0, 0.05) is 0 Å². The van der Waals surface area contributed by atoms with Gasteiger partial charge in [-0.15, -0.1) is 0 Å². The Labute approximate surface area is 210 Å². The predicted octanol–water partition coefficient (Wildman–Crippen LogP) is 5.66. The van der Waals surface area contributed by atoms with Crippen molar-refractivity contribution < 1.29 is 5.11 Å². The van der Waals surface area contributed by atoms with Crippen molar-refractivity contribution >= 4 is 54.2 Å². The van der Waals surface area contributed by atoms with Gasteiger partial charge < -0.3 is 0 Å². The molecule has 0 spiro atoms. The van der Waals surface area contributed by atoms with Crippen LogP contribution in [0.25, 0.3) is 10.9 Å². The van der Waals surface area contributed by atoms with Crippen molar-refractivity contribution in [3.63, 3.8) is 0 Å². The van der Waals surface area contributed by atoms with Crippen LogP contribution in [-0.2, 0) is 0 Å². The molecule has 1 aliphatic heterocycles. The second-order valence-electron chi connectivity index (χ2n) is 8.51. The Morgan fingerprint density at radius 1 is 0.818 bits per heavy atom. The van der Waals surface area contributed by atoms with E-state index in [9.17, 15) is 5.11 Å². The van der Waals surface area contributed by atoms with Crippen LogP contribution < -0.4 is 9.67 Å². The first-order chi connectivity index (χ1) is 16.1. The van der Waals surface area contributed by atoms with E-state index in [0.29, 0.717) is 0 Å². The van der Waals surface area contributed by atoms with E-state index >= 15 is 0 Å². The molecular weight excluding hydrogens is 514 g/mol. The number of pyridine rings is 1. The molecule has 3 aromatic carbocycles. The van der Waals surface area contributed by atoms with Gasteiger partial charge in [-0.25, -0.2) is 0 Å². The van der Waals surface area contributed by atoms with Crippen LogP contribution in [0.15, 0.2) is 72.8 Å². The summed E-state index contributed by atoms with van der Waals surface area (Å²) in [5, 5.41) is 16.4. The van der Waals surface area contributed by atoms with Crippen molar-refractivity contribution in [1.82, 2.24) is 10.3 Å². The summed E-state index contributed by atoms with van der Waals surface area (Å²) in [5.41, 5.74) is 4.39. The molecule has 4 aromatic rings. The van der Waals surface area contributed by atoms with Crippen molar-refractivity contribution in [3.8, 4) is 5.88 Å². The van der Waals surface area contributed by atoms with Gasteiger partial charge in [-0.05, 0) is 0 Å². The van der Waals surface area contributed by atoms with Gasteiger partial charge in [0.25, 0.3) is 0 Å². The van der Waals surface area contributed by atoms with E-state index in [1.165, 1.54) is 33.9 Å². The molecular formula is C27H25AsCl2N2O. The summed E-state index contributed by atoms with van der Waals surface area (Å²) < 4.78 is 2.03. The van der Waals surface area contributed by atoms with Crippen LogP contribution in [0.5, 0.6) is 5.88 Å². The Morgan fingerprint density at radius 2 is 1.39 bits per heavy atom. The zero-order valence-electron chi connectivity index (χ0n) is 18.1. The summed E-state index contributed by atoms with van der Waals surface area (Å²) in [5.74, 6) is 0.166. The van der Waals surface area contributed by atoms with Crippen molar-refractivity contribution in [3.05, 3.63) is 99.5 Å². The number of nitrogens with zero attached hydrogens (tertiary/aromatic N) is 1. The number of hydrogen-bond donors (Lipinski definition) is 2. The SMILES string of the molecule is Oc1cc([AsH]C2CCNCC2)c2cc(C(c3ccc(Cl)cc3)c3ccc(Cl)cc3)ccc2n1. The molecule has 3 nitrogen and oxygen atoms in total. The zero-order chi connectivity index (χ0) is 22.8. The fourth-order valence-corrected chi connectivity index (χ4v) is 8.18. The number of aromatic nitrogens is 1. The standard InChI is InChI=1S/C27H25AsCl2N2O/c29-21-6-1-17(2-7-21)27(18-3-8-22(30)9-4-18)19-5-10-25-23(15-19)24(16-26(33)32-25)28-20-11-13-31-14-12-20/h1-10,15-16,20,27-28,31H,11-14H2,(H,32,33). The van der Waals surface area contributed by atoms with Crippen molar-refractivity contribution in [2.75, 3.05) is 13.1 Å². The molecule has 168 valence electrons. The molecule has 1 saturated heterocycles. The van der Waals surface area contributed by atoms with Crippen LogP contribution in [0.1, 0.15) is 35.4 Å². The predicted molar refractivity (Wildman–Crippen MR) is 140 cm³/mol. The van der Waals surface area contributed by atoms with E-state index in [4.69, 9.17) is 23.2 Å². The molecule has 2 heterocycles. The van der Waals surface area contributed by atoms with Crippen molar-refractivity contribution in [1.29, 1.82) is 0 Å². The van der Waals surface area contributed by atoms with E-state index in [-0.39, 0.29) is 11.8 Å². The summed E-state index contributed by atoms with van der Waals surface area (Å²) in [7, 11) is 0. The van der Waals surface area contributed by atoms with Crippen LogP contribution in [0.3, 0.4) is 0 Å². The molecule has 0 amide bonds. The van der Waals surface area contributed by atoms with E-state index in [2.05, 4.69) is 46.7 Å². The molecule has 0 radical (unpaired) electrons. The van der Waals surface area contributed by atoms with Crippen molar-refractivity contribution in [2.24, 2.45) is 0 Å². The Hall–Kier alpha value is -2.03. The van der Waals surface area contributed by atoms with Gasteiger partial charge in [0.15, 0.2) is 0 Å². The summed E-state index contributed by atoms with van der Waals surface area (Å²) in [6.07, 6.45) is 2.42. The number of fused-ring (bicyclic) bond motifs is 1. The molecule has 0 saturated carbocycles. The maximum atomic E-state index is 10.3. The second kappa shape index (κ2) is 10.1. The number of aromatic hydroxyl groups is 1. The van der Waals surface area contributed by atoms with Gasteiger partial charge in [-0.3, -0.25) is 0 Å². The Morgan fingerprint density at radius 3 is 2.00 bits per heavy atom. The Balaban J connectivity index is 1.62. The first-order valence-electron chi connectivity index (χ1n) is 11.2. The van der Waals surface area contributed by atoms with Gasteiger partial charge in [0.2, 0.25) is 0 Å². The molecule has 2 N–H and O–H groups in total. The van der Waals surface area contributed by atoms with Crippen LogP contribution in [0.2, 0.25) is 14.8 Å². The normalized spacial score (nSPS) is 15.1. The quantitative estimate of drug-likeness (QED) is 0.254. The maximum absolute atomic E-state index is 10.3. The number of rotatable bonds is 5. The number of hydrogen-bond acceptors (Lipinski definition) is 3. The average Bonchev–Trinajstić information content (AvgIpc) is 2.82. The summed E-state index contributed by atoms with van der Waals surface area (Å²) >= 11 is 12.0. The number of halogens is 2. The van der Waals surface area contributed by atoms with Gasteiger partial charge in [-0.2, -0.15) is 0 Å². The summed E-state index contributed by atoms with van der Waals surface area (Å²) in [4.78, 5) is 4.43. The minimum absolute atomic E-state index is 0.0458. The number of piperidine rings is 1. The van der Waals surface area contributed by atoms with Crippen LogP contribution >= 0.6 is 23.2 Å². The fraction of sp³-hybridized carbons (Fsp3) is 0.222. The summed E-state index contributed by atoms with van der Waals surface area (Å²) in [6, 6.07) is 24.4. The van der Waals surface area contributed by atoms with E-state index < -0.39 is 15.8 Å². The first kappa shape index (κ1) is 22.7. The van der Waals surface area contributed by atoms with Gasteiger partial charge >= 0.3 is 212 Å². The molecule has 33 heavy (non-hydrogen) atoms. The van der Waals surface area contributed by atoms with Crippen LogP contribution in [0, 0.1) is 0 Å². The van der Waals surface area contributed by atoms with Gasteiger partial charge in [0.05, 0.1) is 0 Å². The van der Waals surface area contributed by atoms with Crippen molar-refractivity contribution in [2.45, 2.75) is 23.5 Å². The molecule has 1 atom stereocenters. The van der Waals surface area contributed by atoms with E-state index in [0.717, 1.165) is 38.7 Å². The number of benzene rings is 3. The Bertz CT molecular complexity index is 1210. The van der Waals surface area contributed by atoms with E-state index in [1.807, 2.05) is 36.4 Å². The molecule has 0 bridgehead atoms. The summed E-state index contributed by atoms with van der Waals surface area (Å²) in [6.45, 7) is 2.17. The van der Waals surface area contributed by atoms with Crippen LogP contribution in [-0.4, -0.2) is 38.9 Å². The number of nitrogens with one attached hydrogen (secondary N) is 1.